The Morgan fingerprint density at radius 1 is 1.26 bits per heavy atom. The summed E-state index contributed by atoms with van der Waals surface area (Å²) in [6.45, 7) is 0.596. The highest BCUT2D eigenvalue weighted by Crippen LogP contribution is 2.33. The van der Waals surface area contributed by atoms with Gasteiger partial charge in [0, 0.05) is 0 Å². The minimum Gasteiger partial charge on any atom is -0.472 e. The largest absolute Gasteiger partial charge is 0.472 e. The summed E-state index contributed by atoms with van der Waals surface area (Å²) in [6, 6.07) is 7.22. The van der Waals surface area contributed by atoms with E-state index >= 15 is 0 Å². The third kappa shape index (κ3) is 2.51. The summed E-state index contributed by atoms with van der Waals surface area (Å²) < 4.78 is 16.1. The van der Waals surface area contributed by atoms with Crippen LogP contribution in [0.15, 0.2) is 30.5 Å². The maximum Gasteiger partial charge on any atom is 0.233 e. The number of nitrogen functional groups attached to an aromatic ring is 1. The van der Waals surface area contributed by atoms with E-state index in [1.54, 1.807) is 6.07 Å². The number of hydrogen-bond acceptors (Lipinski definition) is 5. The van der Waals surface area contributed by atoms with E-state index in [2.05, 4.69) is 4.98 Å². The first-order chi connectivity index (χ1) is 9.22. The fraction of sp³-hybridized carbons (Fsp3) is 0.154. The van der Waals surface area contributed by atoms with Gasteiger partial charge in [-0.1, -0.05) is 17.7 Å². The molecule has 6 heteroatoms. The molecule has 2 N–H and O–H groups in total. The van der Waals surface area contributed by atoms with E-state index in [9.17, 15) is 0 Å². The van der Waals surface area contributed by atoms with Crippen molar-refractivity contribution in [3.63, 3.8) is 0 Å². The second-order valence-corrected chi connectivity index (χ2v) is 4.44. The van der Waals surface area contributed by atoms with Gasteiger partial charge in [0.2, 0.25) is 12.7 Å². The third-order valence-electron chi connectivity index (χ3n) is 2.64. The molecule has 3 rings (SSSR count). The first-order valence-electron chi connectivity index (χ1n) is 5.65. The SMILES string of the molecule is Nc1cnc(OCc2ccc3c(c2)OCO3)c(Cl)c1. The molecule has 0 atom stereocenters. The van der Waals surface area contributed by atoms with Gasteiger partial charge in [-0.2, -0.15) is 0 Å². The average Bonchev–Trinajstić information content (AvgIpc) is 2.85. The molecular formula is C13H11ClN2O3. The highest BCUT2D eigenvalue weighted by molar-refractivity contribution is 6.32. The minimum absolute atomic E-state index is 0.255. The number of anilines is 1. The van der Waals surface area contributed by atoms with Crippen molar-refractivity contribution >= 4 is 17.3 Å². The lowest BCUT2D eigenvalue weighted by Gasteiger charge is -2.07. The van der Waals surface area contributed by atoms with Crippen LogP contribution >= 0.6 is 11.6 Å². The van der Waals surface area contributed by atoms with Crippen molar-refractivity contribution in [1.82, 2.24) is 4.98 Å². The summed E-state index contributed by atoms with van der Waals surface area (Å²) in [5.41, 5.74) is 7.01. The average molecular weight is 279 g/mol. The fourth-order valence-corrected chi connectivity index (χ4v) is 1.96. The lowest BCUT2D eigenvalue weighted by atomic mass is 10.2. The maximum absolute atomic E-state index is 5.98. The smallest absolute Gasteiger partial charge is 0.233 e. The first kappa shape index (κ1) is 11.9. The lowest BCUT2D eigenvalue weighted by Crippen LogP contribution is -1.99. The Morgan fingerprint density at radius 3 is 2.95 bits per heavy atom. The summed E-state index contributed by atoms with van der Waals surface area (Å²) in [6.07, 6.45) is 1.50. The summed E-state index contributed by atoms with van der Waals surface area (Å²) in [5.74, 6) is 1.82. The van der Waals surface area contributed by atoms with Crippen molar-refractivity contribution in [3.05, 3.63) is 41.0 Å². The van der Waals surface area contributed by atoms with E-state index in [4.69, 9.17) is 31.5 Å². The Bertz CT molecular complexity index is 619. The van der Waals surface area contributed by atoms with Gasteiger partial charge in [-0.15, -0.1) is 0 Å². The van der Waals surface area contributed by atoms with Crippen LogP contribution in [-0.4, -0.2) is 11.8 Å². The van der Waals surface area contributed by atoms with Crippen LogP contribution in [0.5, 0.6) is 17.4 Å². The molecule has 19 heavy (non-hydrogen) atoms. The molecule has 0 saturated heterocycles. The summed E-state index contributed by atoms with van der Waals surface area (Å²) in [5, 5.41) is 0.390. The van der Waals surface area contributed by atoms with Gasteiger partial charge in [0.1, 0.15) is 11.6 Å². The zero-order valence-corrected chi connectivity index (χ0v) is 10.7. The third-order valence-corrected chi connectivity index (χ3v) is 2.91. The van der Waals surface area contributed by atoms with Gasteiger partial charge >= 0.3 is 0 Å². The number of nitrogens with zero attached hydrogens (tertiary/aromatic N) is 1. The number of fused-ring (bicyclic) bond motifs is 1. The molecule has 0 radical (unpaired) electrons. The molecule has 0 spiro atoms. The molecule has 1 aromatic heterocycles. The van der Waals surface area contributed by atoms with Crippen LogP contribution in [0.2, 0.25) is 5.02 Å². The van der Waals surface area contributed by atoms with Gasteiger partial charge in [-0.05, 0) is 23.8 Å². The monoisotopic (exact) mass is 278 g/mol. The second kappa shape index (κ2) is 4.85. The molecule has 2 aromatic rings. The Hall–Kier alpha value is -2.14. The van der Waals surface area contributed by atoms with Crippen molar-refractivity contribution < 1.29 is 14.2 Å². The van der Waals surface area contributed by atoms with E-state index in [0.717, 1.165) is 17.1 Å². The van der Waals surface area contributed by atoms with E-state index < -0.39 is 0 Å². The zero-order chi connectivity index (χ0) is 13.2. The fourth-order valence-electron chi connectivity index (χ4n) is 1.73. The van der Waals surface area contributed by atoms with Crippen LogP contribution in [0.25, 0.3) is 0 Å². The molecule has 1 aromatic carbocycles. The van der Waals surface area contributed by atoms with Crippen molar-refractivity contribution in [2.24, 2.45) is 0 Å². The van der Waals surface area contributed by atoms with E-state index in [1.165, 1.54) is 6.20 Å². The summed E-state index contributed by atoms with van der Waals surface area (Å²) in [7, 11) is 0. The normalized spacial score (nSPS) is 12.5. The topological polar surface area (TPSA) is 66.6 Å². The van der Waals surface area contributed by atoms with Crippen molar-refractivity contribution in [3.8, 4) is 17.4 Å². The van der Waals surface area contributed by atoms with Crippen molar-refractivity contribution in [2.45, 2.75) is 6.61 Å². The molecule has 0 saturated carbocycles. The van der Waals surface area contributed by atoms with Gasteiger partial charge in [-0.25, -0.2) is 4.98 Å². The predicted molar refractivity (Wildman–Crippen MR) is 70.6 cm³/mol. The highest BCUT2D eigenvalue weighted by Gasteiger charge is 2.13. The number of aromatic nitrogens is 1. The number of hydrogen-bond donors (Lipinski definition) is 1. The van der Waals surface area contributed by atoms with Crippen LogP contribution in [0, 0.1) is 0 Å². The maximum atomic E-state index is 5.98. The Morgan fingerprint density at radius 2 is 2.11 bits per heavy atom. The number of benzene rings is 1. The van der Waals surface area contributed by atoms with Gasteiger partial charge in [0.05, 0.1) is 11.9 Å². The number of nitrogens with two attached hydrogens (primary N) is 1. The molecule has 1 aliphatic rings. The van der Waals surface area contributed by atoms with Crippen LogP contribution in [-0.2, 0) is 6.61 Å². The van der Waals surface area contributed by atoms with Crippen LogP contribution < -0.4 is 19.9 Å². The molecule has 0 amide bonds. The molecule has 98 valence electrons. The van der Waals surface area contributed by atoms with E-state index in [0.29, 0.717) is 23.2 Å². The quantitative estimate of drug-likeness (QED) is 0.935. The predicted octanol–water partition coefficient (Wildman–Crippen LogP) is 2.62. The number of halogens is 1. The first-order valence-corrected chi connectivity index (χ1v) is 6.02. The number of ether oxygens (including phenoxy) is 3. The lowest BCUT2D eigenvalue weighted by molar-refractivity contribution is 0.174. The Kier molecular flexibility index (Phi) is 3.05. The van der Waals surface area contributed by atoms with Gasteiger partial charge < -0.3 is 19.9 Å². The number of pyridine rings is 1. The van der Waals surface area contributed by atoms with Crippen LogP contribution in [0.3, 0.4) is 0 Å². The Balaban J connectivity index is 1.72. The molecule has 2 heterocycles. The molecule has 0 aliphatic carbocycles. The van der Waals surface area contributed by atoms with Gasteiger partial charge in [-0.3, -0.25) is 0 Å². The van der Waals surface area contributed by atoms with Crippen molar-refractivity contribution in [1.29, 1.82) is 0 Å². The molecule has 0 bridgehead atoms. The van der Waals surface area contributed by atoms with Crippen LogP contribution in [0.1, 0.15) is 5.56 Å². The van der Waals surface area contributed by atoms with E-state index in [-0.39, 0.29) is 6.79 Å². The van der Waals surface area contributed by atoms with E-state index in [1.807, 2.05) is 18.2 Å². The van der Waals surface area contributed by atoms with Crippen LogP contribution in [0.4, 0.5) is 5.69 Å². The van der Waals surface area contributed by atoms with Gasteiger partial charge in [0.25, 0.3) is 0 Å². The zero-order valence-electron chi connectivity index (χ0n) is 9.93. The molecular weight excluding hydrogens is 268 g/mol. The molecule has 1 aliphatic heterocycles. The standard InChI is InChI=1S/C13H11ClN2O3/c14-10-4-9(15)5-16-13(10)17-6-8-1-2-11-12(3-8)19-7-18-11/h1-5H,6-7,15H2. The second-order valence-electron chi connectivity index (χ2n) is 4.03. The summed E-state index contributed by atoms with van der Waals surface area (Å²) in [4.78, 5) is 4.03. The molecule has 5 nitrogen and oxygen atoms in total. The molecule has 0 fully saturated rings. The number of rotatable bonds is 3. The highest BCUT2D eigenvalue weighted by atomic mass is 35.5. The Labute approximate surface area is 114 Å². The minimum atomic E-state index is 0.255. The summed E-state index contributed by atoms with van der Waals surface area (Å²) >= 11 is 5.98. The molecule has 0 unspecified atom stereocenters. The van der Waals surface area contributed by atoms with Gasteiger partial charge in [0.15, 0.2) is 11.5 Å². The van der Waals surface area contributed by atoms with Crippen molar-refractivity contribution in [2.75, 3.05) is 12.5 Å².